The van der Waals surface area contributed by atoms with E-state index < -0.39 is 59.4 Å². The molecule has 2 aliphatic rings. The Balaban J connectivity index is 1.42. The molecule has 0 saturated carbocycles. The average molecular weight is 734 g/mol. The molecule has 52 heavy (non-hydrogen) atoms. The lowest BCUT2D eigenvalue weighted by Crippen LogP contribution is -2.49. The van der Waals surface area contributed by atoms with Gasteiger partial charge in [-0.1, -0.05) is 0 Å². The predicted molar refractivity (Wildman–Crippen MR) is 171 cm³/mol. The summed E-state index contributed by atoms with van der Waals surface area (Å²) in [6, 6.07) is 4.70. The minimum atomic E-state index is -5.11. The van der Waals surface area contributed by atoms with E-state index in [1.807, 2.05) is 0 Å². The molecule has 0 spiro atoms. The first-order valence-corrected chi connectivity index (χ1v) is 15.8. The van der Waals surface area contributed by atoms with Gasteiger partial charge in [0, 0.05) is 29.1 Å². The zero-order chi connectivity index (χ0) is 37.9. The Morgan fingerprint density at radius 3 is 2.10 bits per heavy atom. The van der Waals surface area contributed by atoms with Crippen LogP contribution in [0.4, 0.5) is 41.5 Å². The topological polar surface area (TPSA) is 118 Å². The van der Waals surface area contributed by atoms with E-state index in [0.29, 0.717) is 45.5 Å². The largest absolute Gasteiger partial charge is 0.481 e. The fraction of sp³-hybridized carbons (Fsp3) is 0.343. The van der Waals surface area contributed by atoms with Crippen molar-refractivity contribution in [3.63, 3.8) is 0 Å². The standard InChI is InChI=1S/C35H30F7N5O5/c1-16-5-20(31(48)49)6-17(2)28(16)21-9-25(30(51-4)43-11-21)26-12-44-32(46-13-24(36)14-46)45-27(26)15-47-18(3)29(52-33(47)50)19-7-22(34(37,38)39)10-23(8-19)35(40,41)42/h5-12,18,24,29H,13-15H2,1-4H3,(H,48,49). The van der Waals surface area contributed by atoms with Crippen molar-refractivity contribution in [2.24, 2.45) is 0 Å². The second kappa shape index (κ2) is 13.2. The molecule has 2 aromatic heterocycles. The maximum absolute atomic E-state index is 13.8. The molecule has 0 aliphatic carbocycles. The Kier molecular flexibility index (Phi) is 9.25. The highest BCUT2D eigenvalue weighted by molar-refractivity contribution is 5.90. The lowest BCUT2D eigenvalue weighted by Gasteiger charge is -2.34. The molecule has 0 radical (unpaired) electrons. The third-order valence-electron chi connectivity index (χ3n) is 9.03. The molecule has 2 fully saturated rings. The van der Waals surface area contributed by atoms with Crippen molar-refractivity contribution in [1.82, 2.24) is 19.9 Å². The summed E-state index contributed by atoms with van der Waals surface area (Å²) in [4.78, 5) is 41.1. The maximum Gasteiger partial charge on any atom is 0.416 e. The average Bonchev–Trinajstić information content (AvgIpc) is 3.34. The molecule has 4 aromatic rings. The van der Waals surface area contributed by atoms with Crippen LogP contribution in [-0.2, 0) is 23.6 Å². The van der Waals surface area contributed by atoms with Crippen LogP contribution in [0.5, 0.6) is 5.88 Å². The molecule has 10 nitrogen and oxygen atoms in total. The van der Waals surface area contributed by atoms with Crippen LogP contribution in [0.1, 0.15) is 56.9 Å². The number of ether oxygens (including phenoxy) is 2. The van der Waals surface area contributed by atoms with Crippen LogP contribution < -0.4 is 9.64 Å². The number of carbonyl (C=O) groups excluding carboxylic acids is 1. The first-order valence-electron chi connectivity index (χ1n) is 15.8. The van der Waals surface area contributed by atoms with Gasteiger partial charge in [-0.3, -0.25) is 4.90 Å². The Labute approximate surface area is 291 Å². The van der Waals surface area contributed by atoms with Crippen LogP contribution >= 0.6 is 0 Å². The highest BCUT2D eigenvalue weighted by atomic mass is 19.4. The fourth-order valence-electron chi connectivity index (χ4n) is 6.44. The molecule has 4 heterocycles. The first-order chi connectivity index (χ1) is 24.3. The number of carbonyl (C=O) groups is 2. The molecule has 1 amide bonds. The van der Waals surface area contributed by atoms with Crippen molar-refractivity contribution >= 4 is 18.0 Å². The minimum absolute atomic E-state index is 0.00532. The van der Waals surface area contributed by atoms with E-state index in [9.17, 15) is 45.4 Å². The number of amides is 1. The van der Waals surface area contributed by atoms with Crippen molar-refractivity contribution < 1.29 is 54.9 Å². The lowest BCUT2D eigenvalue weighted by atomic mass is 9.92. The number of methoxy groups -OCH3 is 1. The molecule has 2 aromatic carbocycles. The Hall–Kier alpha value is -5.48. The number of anilines is 1. The van der Waals surface area contributed by atoms with Gasteiger partial charge in [0.25, 0.3) is 0 Å². The summed E-state index contributed by atoms with van der Waals surface area (Å²) in [6.07, 6.45) is -10.9. The zero-order valence-electron chi connectivity index (χ0n) is 27.9. The molecule has 2 aliphatic heterocycles. The van der Waals surface area contributed by atoms with E-state index >= 15 is 0 Å². The Morgan fingerprint density at radius 1 is 0.942 bits per heavy atom. The summed E-state index contributed by atoms with van der Waals surface area (Å²) in [5, 5.41) is 9.51. The van der Waals surface area contributed by atoms with Gasteiger partial charge in [0.05, 0.1) is 55.2 Å². The van der Waals surface area contributed by atoms with E-state index in [4.69, 9.17) is 9.47 Å². The van der Waals surface area contributed by atoms with Gasteiger partial charge in [-0.15, -0.1) is 0 Å². The molecule has 2 atom stereocenters. The van der Waals surface area contributed by atoms with Crippen molar-refractivity contribution in [1.29, 1.82) is 0 Å². The summed E-state index contributed by atoms with van der Waals surface area (Å²) in [7, 11) is 1.37. The number of carboxylic acids is 1. The summed E-state index contributed by atoms with van der Waals surface area (Å²) in [6.45, 7) is 4.57. The Bertz CT molecular complexity index is 2010. The van der Waals surface area contributed by atoms with Gasteiger partial charge >= 0.3 is 24.4 Å². The van der Waals surface area contributed by atoms with Crippen LogP contribution in [0.15, 0.2) is 48.8 Å². The number of hydrogen-bond acceptors (Lipinski definition) is 8. The molecule has 17 heteroatoms. The predicted octanol–water partition coefficient (Wildman–Crippen LogP) is 7.81. The van der Waals surface area contributed by atoms with E-state index in [2.05, 4.69) is 15.0 Å². The number of cyclic esters (lactones) is 1. The van der Waals surface area contributed by atoms with Crippen LogP contribution in [0, 0.1) is 13.8 Å². The van der Waals surface area contributed by atoms with Crippen molar-refractivity contribution in [2.45, 2.75) is 58.0 Å². The van der Waals surface area contributed by atoms with E-state index in [0.717, 1.165) is 4.90 Å². The second-order valence-corrected chi connectivity index (χ2v) is 12.6. The fourth-order valence-corrected chi connectivity index (χ4v) is 6.44. The number of pyridine rings is 1. The van der Waals surface area contributed by atoms with Crippen LogP contribution in [0.3, 0.4) is 0 Å². The molecule has 274 valence electrons. The number of aryl methyl sites for hydroxylation is 2. The molecule has 2 saturated heterocycles. The van der Waals surface area contributed by atoms with Crippen LogP contribution in [-0.4, -0.2) is 69.4 Å². The number of aromatic nitrogens is 3. The summed E-state index contributed by atoms with van der Waals surface area (Å²) < 4.78 is 107. The van der Waals surface area contributed by atoms with Gasteiger partial charge in [0.2, 0.25) is 11.8 Å². The second-order valence-electron chi connectivity index (χ2n) is 12.6. The normalized spacial score (nSPS) is 18.0. The van der Waals surface area contributed by atoms with E-state index in [1.54, 1.807) is 24.8 Å². The van der Waals surface area contributed by atoms with Crippen molar-refractivity contribution in [3.8, 4) is 28.1 Å². The third-order valence-corrected chi connectivity index (χ3v) is 9.03. The number of benzene rings is 2. The highest BCUT2D eigenvalue weighted by Gasteiger charge is 2.44. The molecule has 6 rings (SSSR count). The maximum atomic E-state index is 13.8. The SMILES string of the molecule is COc1ncc(-c2c(C)cc(C(=O)O)cc2C)cc1-c1cnc(N2CC(F)C2)nc1CN1C(=O)OC(c2cc(C(F)(F)F)cc(C(F)(F)F)c2)C1C. The van der Waals surface area contributed by atoms with Gasteiger partial charge in [0.1, 0.15) is 12.3 Å². The molecular weight excluding hydrogens is 703 g/mol. The highest BCUT2D eigenvalue weighted by Crippen LogP contribution is 2.42. The number of rotatable bonds is 8. The molecule has 2 unspecified atom stereocenters. The third kappa shape index (κ3) is 6.90. The van der Waals surface area contributed by atoms with E-state index in [-0.39, 0.29) is 48.8 Å². The number of aromatic carboxylic acids is 1. The number of alkyl halides is 7. The molecule has 0 bridgehead atoms. The van der Waals surface area contributed by atoms with Crippen molar-refractivity contribution in [3.05, 3.63) is 87.9 Å². The summed E-state index contributed by atoms with van der Waals surface area (Å²) in [5.74, 6) is -0.860. The van der Waals surface area contributed by atoms with Gasteiger partial charge in [-0.05, 0) is 79.4 Å². The molecule has 1 N–H and O–H groups in total. The first kappa shape index (κ1) is 36.3. The summed E-state index contributed by atoms with van der Waals surface area (Å²) >= 11 is 0. The van der Waals surface area contributed by atoms with Gasteiger partial charge < -0.3 is 19.5 Å². The number of nitrogens with zero attached hydrogens (tertiary/aromatic N) is 5. The van der Waals surface area contributed by atoms with E-state index in [1.165, 1.54) is 38.6 Å². The smallest absolute Gasteiger partial charge is 0.416 e. The monoisotopic (exact) mass is 733 g/mol. The molecular formula is C35H30F7N5O5. The van der Waals surface area contributed by atoms with Gasteiger partial charge in [-0.2, -0.15) is 26.3 Å². The van der Waals surface area contributed by atoms with Crippen LogP contribution in [0.2, 0.25) is 0 Å². The lowest BCUT2D eigenvalue weighted by molar-refractivity contribution is -0.143. The zero-order valence-corrected chi connectivity index (χ0v) is 27.9. The number of hydrogen-bond donors (Lipinski definition) is 1. The minimum Gasteiger partial charge on any atom is -0.481 e. The van der Waals surface area contributed by atoms with Gasteiger partial charge in [-0.25, -0.2) is 28.9 Å². The Morgan fingerprint density at radius 2 is 1.56 bits per heavy atom. The quantitative estimate of drug-likeness (QED) is 0.181. The number of carboxylic acid groups (broad SMARTS) is 1. The van der Waals surface area contributed by atoms with Crippen LogP contribution in [0.25, 0.3) is 22.3 Å². The summed E-state index contributed by atoms with van der Waals surface area (Å²) in [5.41, 5.74) is -0.148. The van der Waals surface area contributed by atoms with Crippen molar-refractivity contribution in [2.75, 3.05) is 25.1 Å². The number of halogens is 7. The van der Waals surface area contributed by atoms with Gasteiger partial charge in [0.15, 0.2) is 0 Å².